The van der Waals surface area contributed by atoms with Gasteiger partial charge in [-0.3, -0.25) is 9.48 Å². The van der Waals surface area contributed by atoms with Crippen LogP contribution in [0.4, 0.5) is 0 Å². The molecule has 3 aromatic rings. The fourth-order valence-electron chi connectivity index (χ4n) is 2.54. The van der Waals surface area contributed by atoms with Crippen LogP contribution >= 0.6 is 0 Å². The summed E-state index contributed by atoms with van der Waals surface area (Å²) < 4.78 is 6.99. The van der Waals surface area contributed by atoms with Crippen molar-refractivity contribution in [3.05, 3.63) is 46.7 Å². The normalized spacial score (nSPS) is 11.0. The molecule has 0 radical (unpaired) electrons. The fraction of sp³-hybridized carbons (Fsp3) is 0.250. The number of carboxylic acid groups (broad SMARTS) is 1. The van der Waals surface area contributed by atoms with Crippen LogP contribution < -0.4 is 5.32 Å². The maximum atomic E-state index is 12.3. The molecule has 2 N–H and O–H groups in total. The van der Waals surface area contributed by atoms with Crippen LogP contribution in [0.2, 0.25) is 0 Å². The average Bonchev–Trinajstić information content (AvgIpc) is 3.05. The van der Waals surface area contributed by atoms with Gasteiger partial charge < -0.3 is 14.8 Å². The number of aryl methyl sites for hydroxylation is 3. The molecule has 3 rings (SSSR count). The summed E-state index contributed by atoms with van der Waals surface area (Å²) in [6.45, 7) is 3.51. The van der Waals surface area contributed by atoms with Gasteiger partial charge in [-0.15, -0.1) is 0 Å². The number of nitrogens with one attached hydrogen (secondary N) is 1. The molecule has 1 amide bonds. The van der Waals surface area contributed by atoms with E-state index in [4.69, 9.17) is 9.52 Å². The first kappa shape index (κ1) is 15.7. The molecule has 0 saturated heterocycles. The molecule has 8 nitrogen and oxygen atoms in total. The second-order valence-electron chi connectivity index (χ2n) is 5.47. The zero-order valence-electron chi connectivity index (χ0n) is 13.5. The van der Waals surface area contributed by atoms with Crippen LogP contribution in [0.25, 0.3) is 11.0 Å². The van der Waals surface area contributed by atoms with Gasteiger partial charge in [-0.1, -0.05) is 0 Å². The molecule has 0 aromatic carbocycles. The highest BCUT2D eigenvalue weighted by atomic mass is 16.4. The summed E-state index contributed by atoms with van der Waals surface area (Å²) in [5.41, 5.74) is 1.99. The molecule has 24 heavy (non-hydrogen) atoms. The summed E-state index contributed by atoms with van der Waals surface area (Å²) in [4.78, 5) is 27.5. The van der Waals surface area contributed by atoms with E-state index in [1.54, 1.807) is 24.7 Å². The number of hydrogen-bond acceptors (Lipinski definition) is 5. The van der Waals surface area contributed by atoms with Crippen molar-refractivity contribution in [1.29, 1.82) is 0 Å². The van der Waals surface area contributed by atoms with Gasteiger partial charge in [0.2, 0.25) is 0 Å². The van der Waals surface area contributed by atoms with E-state index in [1.807, 2.05) is 6.92 Å². The number of carbonyl (C=O) groups is 2. The molecule has 0 unspecified atom stereocenters. The Morgan fingerprint density at radius 2 is 2.08 bits per heavy atom. The first-order valence-corrected chi connectivity index (χ1v) is 7.27. The molecule has 0 aliphatic carbocycles. The van der Waals surface area contributed by atoms with E-state index in [9.17, 15) is 9.59 Å². The molecule has 124 valence electrons. The third kappa shape index (κ3) is 2.73. The van der Waals surface area contributed by atoms with Crippen molar-refractivity contribution in [1.82, 2.24) is 20.1 Å². The Hall–Kier alpha value is -3.16. The van der Waals surface area contributed by atoms with E-state index in [0.29, 0.717) is 22.7 Å². The Kier molecular flexibility index (Phi) is 3.80. The molecule has 3 heterocycles. The Morgan fingerprint density at radius 3 is 2.75 bits per heavy atom. The lowest BCUT2D eigenvalue weighted by atomic mass is 10.2. The molecule has 0 spiro atoms. The first-order chi connectivity index (χ1) is 11.4. The highest BCUT2D eigenvalue weighted by Crippen LogP contribution is 2.17. The molecule has 8 heteroatoms. The maximum Gasteiger partial charge on any atom is 0.339 e. The lowest BCUT2D eigenvalue weighted by Gasteiger charge is -2.03. The number of hydrogen-bond donors (Lipinski definition) is 2. The van der Waals surface area contributed by atoms with Crippen LogP contribution in [0, 0.1) is 13.8 Å². The summed E-state index contributed by atoms with van der Waals surface area (Å²) in [7, 11) is 1.79. The van der Waals surface area contributed by atoms with Gasteiger partial charge in [0.05, 0.1) is 17.8 Å². The van der Waals surface area contributed by atoms with Gasteiger partial charge in [-0.25, -0.2) is 9.78 Å². The Labute approximate surface area is 137 Å². The molecule has 0 bridgehead atoms. The van der Waals surface area contributed by atoms with E-state index >= 15 is 0 Å². The van der Waals surface area contributed by atoms with Crippen molar-refractivity contribution < 1.29 is 19.1 Å². The Morgan fingerprint density at radius 1 is 1.33 bits per heavy atom. The second-order valence-corrected chi connectivity index (χ2v) is 5.47. The number of amides is 1. The lowest BCUT2D eigenvalue weighted by molar-refractivity contribution is 0.0694. The van der Waals surface area contributed by atoms with Gasteiger partial charge in [0.15, 0.2) is 5.65 Å². The summed E-state index contributed by atoms with van der Waals surface area (Å²) >= 11 is 0. The van der Waals surface area contributed by atoms with Gasteiger partial charge in [0, 0.05) is 18.6 Å². The van der Waals surface area contributed by atoms with Crippen LogP contribution in [0.3, 0.4) is 0 Å². The van der Waals surface area contributed by atoms with E-state index in [-0.39, 0.29) is 18.0 Å². The zero-order valence-corrected chi connectivity index (χ0v) is 13.5. The van der Waals surface area contributed by atoms with Crippen molar-refractivity contribution in [3.8, 4) is 0 Å². The predicted octanol–water partition coefficient (Wildman–Crippen LogP) is 1.81. The molecule has 0 fully saturated rings. The number of pyridine rings is 1. The third-order valence-corrected chi connectivity index (χ3v) is 3.75. The Balaban J connectivity index is 1.76. The minimum absolute atomic E-state index is 0.0910. The predicted molar refractivity (Wildman–Crippen MR) is 84.8 cm³/mol. The average molecular weight is 328 g/mol. The topological polar surface area (TPSA) is 110 Å². The zero-order chi connectivity index (χ0) is 17.4. The minimum atomic E-state index is -1.06. The van der Waals surface area contributed by atoms with E-state index < -0.39 is 5.97 Å². The molecular weight excluding hydrogens is 312 g/mol. The Bertz CT molecular complexity index is 955. The van der Waals surface area contributed by atoms with E-state index in [2.05, 4.69) is 15.4 Å². The number of carboxylic acids is 1. The fourth-order valence-corrected chi connectivity index (χ4v) is 2.54. The molecule has 0 aliphatic heterocycles. The number of nitrogens with zero attached hydrogens (tertiary/aromatic N) is 3. The molecule has 3 aromatic heterocycles. The van der Waals surface area contributed by atoms with Crippen molar-refractivity contribution in [3.63, 3.8) is 0 Å². The van der Waals surface area contributed by atoms with Crippen LogP contribution in [0.5, 0.6) is 0 Å². The monoisotopic (exact) mass is 328 g/mol. The summed E-state index contributed by atoms with van der Waals surface area (Å²) in [5.74, 6) is -0.695. The molecule has 0 aliphatic rings. The number of carbonyl (C=O) groups excluding carboxylic acids is 1. The van der Waals surface area contributed by atoms with Crippen LogP contribution in [0.15, 0.2) is 22.7 Å². The smallest absolute Gasteiger partial charge is 0.339 e. The number of aromatic carboxylic acids is 1. The standard InChI is InChI=1S/C16H16N4O4/c1-8-12-4-10(6-17-14(12)20(3)19-8)15(21)18-7-11-5-13(16(22)23)9(2)24-11/h4-6H,7H2,1-3H3,(H,18,21)(H,22,23). The third-order valence-electron chi connectivity index (χ3n) is 3.75. The second kappa shape index (κ2) is 5.80. The number of fused-ring (bicyclic) bond motifs is 1. The minimum Gasteiger partial charge on any atom is -0.478 e. The highest BCUT2D eigenvalue weighted by molar-refractivity contribution is 5.97. The van der Waals surface area contributed by atoms with Crippen molar-refractivity contribution in [2.75, 3.05) is 0 Å². The van der Waals surface area contributed by atoms with Crippen LogP contribution in [0.1, 0.15) is 37.9 Å². The molecule has 0 saturated carbocycles. The van der Waals surface area contributed by atoms with Crippen molar-refractivity contribution in [2.24, 2.45) is 7.05 Å². The van der Waals surface area contributed by atoms with Gasteiger partial charge in [0.25, 0.3) is 5.91 Å². The summed E-state index contributed by atoms with van der Waals surface area (Å²) in [6.07, 6.45) is 1.48. The molecular formula is C16H16N4O4. The van der Waals surface area contributed by atoms with Crippen molar-refractivity contribution in [2.45, 2.75) is 20.4 Å². The number of aromatic nitrogens is 3. The number of rotatable bonds is 4. The largest absolute Gasteiger partial charge is 0.478 e. The number of furan rings is 1. The summed E-state index contributed by atoms with van der Waals surface area (Å²) in [5, 5.41) is 16.8. The lowest BCUT2D eigenvalue weighted by Crippen LogP contribution is -2.22. The highest BCUT2D eigenvalue weighted by Gasteiger charge is 2.15. The van der Waals surface area contributed by atoms with Crippen LogP contribution in [-0.4, -0.2) is 31.7 Å². The van der Waals surface area contributed by atoms with Gasteiger partial charge in [-0.05, 0) is 26.0 Å². The summed E-state index contributed by atoms with van der Waals surface area (Å²) in [6, 6.07) is 3.14. The van der Waals surface area contributed by atoms with Gasteiger partial charge in [0.1, 0.15) is 17.1 Å². The van der Waals surface area contributed by atoms with E-state index in [1.165, 1.54) is 12.3 Å². The van der Waals surface area contributed by atoms with Gasteiger partial charge in [-0.2, -0.15) is 5.10 Å². The maximum absolute atomic E-state index is 12.3. The SMILES string of the molecule is Cc1oc(CNC(=O)c2cnc3c(c2)c(C)nn3C)cc1C(=O)O. The van der Waals surface area contributed by atoms with Crippen molar-refractivity contribution >= 4 is 22.9 Å². The quantitative estimate of drug-likeness (QED) is 0.755. The first-order valence-electron chi connectivity index (χ1n) is 7.27. The van der Waals surface area contributed by atoms with E-state index in [0.717, 1.165) is 11.1 Å². The van der Waals surface area contributed by atoms with Gasteiger partial charge >= 0.3 is 5.97 Å². The molecule has 0 atom stereocenters. The van der Waals surface area contributed by atoms with Crippen LogP contribution in [-0.2, 0) is 13.6 Å².